The molecule has 0 aromatic carbocycles. The zero-order valence-electron chi connectivity index (χ0n) is 13.6. The Kier molecular flexibility index (Phi) is 6.50. The summed E-state index contributed by atoms with van der Waals surface area (Å²) in [6.07, 6.45) is 4.35. The molecule has 0 radical (unpaired) electrons. The van der Waals surface area contributed by atoms with Crippen molar-refractivity contribution in [3.05, 3.63) is 0 Å². The van der Waals surface area contributed by atoms with Crippen LogP contribution in [0.5, 0.6) is 0 Å². The number of carbonyl (C=O) groups is 2. The van der Waals surface area contributed by atoms with Crippen molar-refractivity contribution in [2.75, 3.05) is 0 Å². The lowest BCUT2D eigenvalue weighted by molar-refractivity contribution is -0.155. The average molecular weight is 282 g/mol. The predicted octanol–water partition coefficient (Wildman–Crippen LogP) is 2.72. The molecule has 1 aliphatic heterocycles. The van der Waals surface area contributed by atoms with Crippen LogP contribution in [0, 0.1) is 5.92 Å². The Labute approximate surface area is 123 Å². The molecule has 0 aromatic rings. The fourth-order valence-corrected chi connectivity index (χ4v) is 3.09. The van der Waals surface area contributed by atoms with Gasteiger partial charge in [-0.2, -0.15) is 0 Å². The number of piperazine rings is 1. The standard InChI is InChI=1S/C16H30N2O2/c1-6-10-13-16(20)18(12(8-3)9-4)14(11(5)7-2)15(19)17-13/h11-14H,6-10H2,1-5H3,(H,17,19). The molecule has 1 N–H and O–H groups in total. The lowest BCUT2D eigenvalue weighted by atomic mass is 9.90. The number of hydrogen-bond donors (Lipinski definition) is 1. The van der Waals surface area contributed by atoms with Crippen molar-refractivity contribution in [2.45, 2.75) is 84.8 Å². The summed E-state index contributed by atoms with van der Waals surface area (Å²) in [7, 11) is 0. The maximum atomic E-state index is 12.8. The van der Waals surface area contributed by atoms with Crippen molar-refractivity contribution in [2.24, 2.45) is 5.92 Å². The van der Waals surface area contributed by atoms with Crippen molar-refractivity contribution < 1.29 is 9.59 Å². The molecule has 4 nitrogen and oxygen atoms in total. The Morgan fingerprint density at radius 2 is 1.70 bits per heavy atom. The minimum Gasteiger partial charge on any atom is -0.342 e. The van der Waals surface area contributed by atoms with Gasteiger partial charge in [-0.25, -0.2) is 0 Å². The van der Waals surface area contributed by atoms with Gasteiger partial charge in [0.15, 0.2) is 0 Å². The first-order valence-corrected chi connectivity index (χ1v) is 8.14. The van der Waals surface area contributed by atoms with Gasteiger partial charge in [0.2, 0.25) is 11.8 Å². The minimum absolute atomic E-state index is 0.0318. The number of carbonyl (C=O) groups excluding carboxylic acids is 2. The largest absolute Gasteiger partial charge is 0.342 e. The molecule has 1 fully saturated rings. The van der Waals surface area contributed by atoms with Crippen LogP contribution in [-0.2, 0) is 9.59 Å². The molecule has 2 amide bonds. The molecule has 0 aliphatic carbocycles. The minimum atomic E-state index is -0.326. The smallest absolute Gasteiger partial charge is 0.246 e. The van der Waals surface area contributed by atoms with Gasteiger partial charge in [-0.05, 0) is 25.2 Å². The van der Waals surface area contributed by atoms with Gasteiger partial charge in [-0.15, -0.1) is 0 Å². The molecule has 3 unspecified atom stereocenters. The third-order valence-corrected chi connectivity index (χ3v) is 4.53. The van der Waals surface area contributed by atoms with Crippen LogP contribution in [0.4, 0.5) is 0 Å². The molecular formula is C16H30N2O2. The summed E-state index contributed by atoms with van der Waals surface area (Å²) in [5, 5.41) is 2.94. The second-order valence-corrected chi connectivity index (χ2v) is 5.90. The van der Waals surface area contributed by atoms with Crippen molar-refractivity contribution in [1.82, 2.24) is 10.2 Å². The summed E-state index contributed by atoms with van der Waals surface area (Å²) in [5.74, 6) is 0.344. The second kappa shape index (κ2) is 7.65. The third-order valence-electron chi connectivity index (χ3n) is 4.53. The Hall–Kier alpha value is -1.06. The molecule has 0 bridgehead atoms. The van der Waals surface area contributed by atoms with E-state index in [1.54, 1.807) is 0 Å². The SMILES string of the molecule is CCCC1NC(=O)C(C(C)CC)N(C(CC)CC)C1=O. The zero-order valence-corrected chi connectivity index (χ0v) is 13.6. The summed E-state index contributed by atoms with van der Waals surface area (Å²) in [4.78, 5) is 27.1. The highest BCUT2D eigenvalue weighted by molar-refractivity contribution is 5.97. The second-order valence-electron chi connectivity index (χ2n) is 5.90. The zero-order chi connectivity index (χ0) is 15.3. The van der Waals surface area contributed by atoms with Crippen molar-refractivity contribution in [3.8, 4) is 0 Å². The van der Waals surface area contributed by atoms with E-state index in [1.807, 2.05) is 11.8 Å². The van der Waals surface area contributed by atoms with Gasteiger partial charge in [0.1, 0.15) is 12.1 Å². The summed E-state index contributed by atoms with van der Waals surface area (Å²) < 4.78 is 0. The first-order valence-electron chi connectivity index (χ1n) is 8.14. The highest BCUT2D eigenvalue weighted by Crippen LogP contribution is 2.26. The van der Waals surface area contributed by atoms with E-state index in [-0.39, 0.29) is 35.9 Å². The first-order chi connectivity index (χ1) is 9.51. The van der Waals surface area contributed by atoms with Crippen LogP contribution in [-0.4, -0.2) is 34.8 Å². The maximum Gasteiger partial charge on any atom is 0.246 e. The van der Waals surface area contributed by atoms with E-state index in [9.17, 15) is 9.59 Å². The average Bonchev–Trinajstić information content (AvgIpc) is 2.44. The van der Waals surface area contributed by atoms with Crippen LogP contribution in [0.2, 0.25) is 0 Å². The number of hydrogen-bond acceptors (Lipinski definition) is 2. The van der Waals surface area contributed by atoms with Gasteiger partial charge in [0.25, 0.3) is 0 Å². The molecule has 4 heteroatoms. The topological polar surface area (TPSA) is 49.4 Å². The van der Waals surface area contributed by atoms with Crippen molar-refractivity contribution >= 4 is 11.8 Å². The summed E-state index contributed by atoms with van der Waals surface area (Å²) in [6, 6.07) is -0.453. The van der Waals surface area contributed by atoms with E-state index in [4.69, 9.17) is 0 Å². The normalized spacial score (nSPS) is 25.0. The molecule has 20 heavy (non-hydrogen) atoms. The number of amides is 2. The van der Waals surface area contributed by atoms with Crippen LogP contribution in [0.1, 0.15) is 66.7 Å². The quantitative estimate of drug-likeness (QED) is 0.780. The van der Waals surface area contributed by atoms with E-state index in [0.717, 1.165) is 32.1 Å². The van der Waals surface area contributed by atoms with Crippen LogP contribution >= 0.6 is 0 Å². The molecule has 1 aliphatic rings. The van der Waals surface area contributed by atoms with Gasteiger partial charge in [-0.1, -0.05) is 47.5 Å². The highest BCUT2D eigenvalue weighted by atomic mass is 16.2. The monoisotopic (exact) mass is 282 g/mol. The fraction of sp³-hybridized carbons (Fsp3) is 0.875. The van der Waals surface area contributed by atoms with Gasteiger partial charge >= 0.3 is 0 Å². The predicted molar refractivity (Wildman–Crippen MR) is 81.3 cm³/mol. The van der Waals surface area contributed by atoms with Gasteiger partial charge < -0.3 is 10.2 Å². The Bertz CT molecular complexity index is 339. The summed E-state index contributed by atoms with van der Waals surface area (Å²) >= 11 is 0. The first kappa shape index (κ1) is 17.0. The Balaban J connectivity index is 3.09. The molecule has 0 spiro atoms. The van der Waals surface area contributed by atoms with E-state index in [0.29, 0.717) is 0 Å². The number of nitrogens with one attached hydrogen (secondary N) is 1. The van der Waals surface area contributed by atoms with Crippen LogP contribution in [0.15, 0.2) is 0 Å². The molecule has 1 rings (SSSR count). The number of nitrogens with zero attached hydrogens (tertiary/aromatic N) is 1. The van der Waals surface area contributed by atoms with Crippen molar-refractivity contribution in [1.29, 1.82) is 0 Å². The lowest BCUT2D eigenvalue weighted by Crippen LogP contribution is -2.67. The molecule has 1 saturated heterocycles. The lowest BCUT2D eigenvalue weighted by Gasteiger charge is -2.45. The summed E-state index contributed by atoms with van der Waals surface area (Å²) in [5.41, 5.74) is 0. The fourth-order valence-electron chi connectivity index (χ4n) is 3.09. The van der Waals surface area contributed by atoms with E-state index in [2.05, 4.69) is 33.0 Å². The van der Waals surface area contributed by atoms with Crippen molar-refractivity contribution in [3.63, 3.8) is 0 Å². The van der Waals surface area contributed by atoms with E-state index in [1.165, 1.54) is 0 Å². The molecular weight excluding hydrogens is 252 g/mol. The summed E-state index contributed by atoms with van der Waals surface area (Å²) in [6.45, 7) is 10.4. The highest BCUT2D eigenvalue weighted by Gasteiger charge is 2.44. The maximum absolute atomic E-state index is 12.8. The van der Waals surface area contributed by atoms with Crippen LogP contribution in [0.25, 0.3) is 0 Å². The van der Waals surface area contributed by atoms with E-state index < -0.39 is 0 Å². The van der Waals surface area contributed by atoms with Crippen LogP contribution in [0.3, 0.4) is 0 Å². The van der Waals surface area contributed by atoms with Gasteiger partial charge in [-0.3, -0.25) is 9.59 Å². The molecule has 3 atom stereocenters. The van der Waals surface area contributed by atoms with Crippen LogP contribution < -0.4 is 5.32 Å². The van der Waals surface area contributed by atoms with Gasteiger partial charge in [0.05, 0.1) is 0 Å². The Morgan fingerprint density at radius 3 is 2.15 bits per heavy atom. The Morgan fingerprint density at radius 1 is 1.10 bits per heavy atom. The third kappa shape index (κ3) is 3.33. The molecule has 1 heterocycles. The number of rotatable bonds is 7. The van der Waals surface area contributed by atoms with Gasteiger partial charge in [0, 0.05) is 6.04 Å². The molecule has 116 valence electrons. The molecule has 0 saturated carbocycles. The molecule has 0 aromatic heterocycles. The van der Waals surface area contributed by atoms with E-state index >= 15 is 0 Å².